The number of rotatable bonds is 7. The molecule has 0 aliphatic rings. The van der Waals surface area contributed by atoms with Gasteiger partial charge in [0, 0.05) is 12.5 Å². The summed E-state index contributed by atoms with van der Waals surface area (Å²) in [5.41, 5.74) is 1.73. The lowest BCUT2D eigenvalue weighted by molar-refractivity contribution is -0.122. The number of hydrogen-bond acceptors (Lipinski definition) is 3. The van der Waals surface area contributed by atoms with Crippen molar-refractivity contribution < 1.29 is 13.2 Å². The van der Waals surface area contributed by atoms with E-state index in [9.17, 15) is 13.2 Å². The number of hydrogen-bond donors (Lipinski definition) is 2. The molecule has 0 spiro atoms. The average Bonchev–Trinajstić information content (AvgIpc) is 2.54. The van der Waals surface area contributed by atoms with Crippen LogP contribution >= 0.6 is 0 Å². The highest BCUT2D eigenvalue weighted by molar-refractivity contribution is 7.89. The summed E-state index contributed by atoms with van der Waals surface area (Å²) in [6, 6.07) is 15.1. The van der Waals surface area contributed by atoms with Crippen LogP contribution in [-0.2, 0) is 14.8 Å². The van der Waals surface area contributed by atoms with Gasteiger partial charge in [0.15, 0.2) is 0 Å². The standard InChI is InChI=1S/C19H24N2O3S/c1-14(2)20-19(22)13-18(16-7-5-4-6-8-16)21-25(23,24)17-11-9-15(3)10-12-17/h4-12,14,18,21H,13H2,1-3H3,(H,20,22)/t18-/m0/s1. The van der Waals surface area contributed by atoms with Gasteiger partial charge < -0.3 is 5.32 Å². The number of benzene rings is 2. The fraction of sp³-hybridized carbons (Fsp3) is 0.316. The van der Waals surface area contributed by atoms with Crippen molar-refractivity contribution in [3.8, 4) is 0 Å². The zero-order valence-corrected chi connectivity index (χ0v) is 15.5. The molecule has 2 N–H and O–H groups in total. The van der Waals surface area contributed by atoms with Crippen molar-refractivity contribution in [1.82, 2.24) is 10.0 Å². The van der Waals surface area contributed by atoms with Crippen LogP contribution in [0.3, 0.4) is 0 Å². The summed E-state index contributed by atoms with van der Waals surface area (Å²) < 4.78 is 28.0. The molecule has 0 unspecified atom stereocenters. The van der Waals surface area contributed by atoms with Crippen molar-refractivity contribution in [1.29, 1.82) is 0 Å². The van der Waals surface area contributed by atoms with E-state index in [1.807, 2.05) is 51.1 Å². The average molecular weight is 360 g/mol. The van der Waals surface area contributed by atoms with E-state index in [0.717, 1.165) is 11.1 Å². The molecule has 1 atom stereocenters. The first-order valence-electron chi connectivity index (χ1n) is 8.21. The number of nitrogens with one attached hydrogen (secondary N) is 2. The zero-order chi connectivity index (χ0) is 18.4. The molecule has 0 saturated carbocycles. The summed E-state index contributed by atoms with van der Waals surface area (Å²) in [5, 5.41) is 2.80. The molecule has 2 aromatic carbocycles. The Hall–Kier alpha value is -2.18. The molecule has 0 bridgehead atoms. The summed E-state index contributed by atoms with van der Waals surface area (Å²) in [6.07, 6.45) is 0.0350. The maximum Gasteiger partial charge on any atom is 0.241 e. The number of carbonyl (C=O) groups excluding carboxylic acids is 1. The SMILES string of the molecule is Cc1ccc(S(=O)(=O)N[C@@H](CC(=O)NC(C)C)c2ccccc2)cc1. The number of amides is 1. The van der Waals surface area contributed by atoms with Gasteiger partial charge in [-0.05, 0) is 38.5 Å². The second-order valence-corrected chi connectivity index (χ2v) is 8.04. The molecule has 6 heteroatoms. The predicted octanol–water partition coefficient (Wildman–Crippen LogP) is 2.93. The Labute approximate surface area is 149 Å². The van der Waals surface area contributed by atoms with Crippen molar-refractivity contribution in [3.63, 3.8) is 0 Å². The highest BCUT2D eigenvalue weighted by Crippen LogP contribution is 2.20. The van der Waals surface area contributed by atoms with E-state index in [4.69, 9.17) is 0 Å². The number of sulfonamides is 1. The third-order valence-corrected chi connectivity index (χ3v) is 5.16. The van der Waals surface area contributed by atoms with Gasteiger partial charge in [0.25, 0.3) is 0 Å². The molecule has 25 heavy (non-hydrogen) atoms. The maximum absolute atomic E-state index is 12.7. The Kier molecular flexibility index (Phi) is 6.33. The molecule has 0 aliphatic heterocycles. The van der Waals surface area contributed by atoms with E-state index in [0.29, 0.717) is 0 Å². The molecule has 0 aliphatic carbocycles. The predicted molar refractivity (Wildman–Crippen MR) is 98.6 cm³/mol. The summed E-state index contributed by atoms with van der Waals surface area (Å²) in [6.45, 7) is 5.63. The fourth-order valence-electron chi connectivity index (χ4n) is 2.45. The minimum Gasteiger partial charge on any atom is -0.354 e. The Morgan fingerprint density at radius 2 is 1.60 bits per heavy atom. The molecule has 1 amide bonds. The van der Waals surface area contributed by atoms with Crippen LogP contribution in [-0.4, -0.2) is 20.4 Å². The van der Waals surface area contributed by atoms with E-state index in [-0.39, 0.29) is 23.3 Å². The highest BCUT2D eigenvalue weighted by Gasteiger charge is 2.23. The summed E-state index contributed by atoms with van der Waals surface area (Å²) in [5.74, 6) is -0.199. The molecule has 0 heterocycles. The van der Waals surface area contributed by atoms with Crippen LogP contribution in [0, 0.1) is 6.92 Å². The van der Waals surface area contributed by atoms with Gasteiger partial charge in [-0.3, -0.25) is 4.79 Å². The van der Waals surface area contributed by atoms with Crippen LogP contribution in [0.15, 0.2) is 59.5 Å². The highest BCUT2D eigenvalue weighted by atomic mass is 32.2. The largest absolute Gasteiger partial charge is 0.354 e. The van der Waals surface area contributed by atoms with Gasteiger partial charge in [-0.15, -0.1) is 0 Å². The lowest BCUT2D eigenvalue weighted by Crippen LogP contribution is -2.36. The first kappa shape index (κ1) is 19.1. The molecule has 2 rings (SSSR count). The fourth-order valence-corrected chi connectivity index (χ4v) is 3.68. The van der Waals surface area contributed by atoms with Gasteiger partial charge in [-0.25, -0.2) is 13.1 Å². The molecule has 2 aromatic rings. The van der Waals surface area contributed by atoms with Crippen LogP contribution in [0.2, 0.25) is 0 Å². The van der Waals surface area contributed by atoms with Gasteiger partial charge in [-0.1, -0.05) is 48.0 Å². The Morgan fingerprint density at radius 1 is 1.00 bits per heavy atom. The van der Waals surface area contributed by atoms with Crippen LogP contribution in [0.4, 0.5) is 0 Å². The topological polar surface area (TPSA) is 75.3 Å². The molecular formula is C19H24N2O3S. The molecular weight excluding hydrogens is 336 g/mol. The van der Waals surface area contributed by atoms with E-state index in [1.165, 1.54) is 0 Å². The zero-order valence-electron chi connectivity index (χ0n) is 14.7. The van der Waals surface area contributed by atoms with Gasteiger partial charge in [0.1, 0.15) is 0 Å². The minimum atomic E-state index is -3.73. The van der Waals surface area contributed by atoms with Crippen molar-refractivity contribution in [2.75, 3.05) is 0 Å². The lowest BCUT2D eigenvalue weighted by atomic mass is 10.0. The smallest absolute Gasteiger partial charge is 0.241 e. The van der Waals surface area contributed by atoms with Crippen LogP contribution in [0.1, 0.15) is 37.4 Å². The molecule has 134 valence electrons. The Morgan fingerprint density at radius 3 is 2.16 bits per heavy atom. The van der Waals surface area contributed by atoms with Crippen molar-refractivity contribution in [2.24, 2.45) is 0 Å². The second kappa shape index (κ2) is 8.27. The van der Waals surface area contributed by atoms with Crippen molar-refractivity contribution >= 4 is 15.9 Å². The lowest BCUT2D eigenvalue weighted by Gasteiger charge is -2.20. The molecule has 0 radical (unpaired) electrons. The summed E-state index contributed by atoms with van der Waals surface area (Å²) in [4.78, 5) is 12.3. The number of aryl methyl sites for hydroxylation is 1. The third-order valence-electron chi connectivity index (χ3n) is 3.67. The van der Waals surface area contributed by atoms with E-state index in [1.54, 1.807) is 24.3 Å². The monoisotopic (exact) mass is 360 g/mol. The van der Waals surface area contributed by atoms with Gasteiger partial charge >= 0.3 is 0 Å². The Bertz CT molecular complexity index is 800. The molecule has 0 fully saturated rings. The van der Waals surface area contributed by atoms with Crippen molar-refractivity contribution in [3.05, 3.63) is 65.7 Å². The van der Waals surface area contributed by atoms with E-state index >= 15 is 0 Å². The van der Waals surface area contributed by atoms with Crippen LogP contribution in [0.25, 0.3) is 0 Å². The summed E-state index contributed by atoms with van der Waals surface area (Å²) >= 11 is 0. The van der Waals surface area contributed by atoms with E-state index < -0.39 is 16.1 Å². The first-order chi connectivity index (χ1) is 11.8. The van der Waals surface area contributed by atoms with Crippen LogP contribution in [0.5, 0.6) is 0 Å². The maximum atomic E-state index is 12.7. The number of carbonyl (C=O) groups is 1. The quantitative estimate of drug-likeness (QED) is 0.797. The van der Waals surface area contributed by atoms with Gasteiger partial charge in [0.2, 0.25) is 15.9 Å². The molecule has 0 aromatic heterocycles. The second-order valence-electron chi connectivity index (χ2n) is 6.32. The van der Waals surface area contributed by atoms with E-state index in [2.05, 4.69) is 10.0 Å². The van der Waals surface area contributed by atoms with Crippen molar-refractivity contribution in [2.45, 2.75) is 44.2 Å². The van der Waals surface area contributed by atoms with Gasteiger partial charge in [-0.2, -0.15) is 0 Å². The Balaban J connectivity index is 2.26. The molecule has 5 nitrogen and oxygen atoms in total. The third kappa shape index (κ3) is 5.69. The normalized spacial score (nSPS) is 12.8. The molecule has 0 saturated heterocycles. The van der Waals surface area contributed by atoms with Gasteiger partial charge in [0.05, 0.1) is 10.9 Å². The summed E-state index contributed by atoms with van der Waals surface area (Å²) in [7, 11) is -3.73. The first-order valence-corrected chi connectivity index (χ1v) is 9.69. The van der Waals surface area contributed by atoms with Crippen LogP contribution < -0.4 is 10.0 Å². The minimum absolute atomic E-state index is 0.00220.